The molecule has 2 heterocycles. The number of fused-ring (bicyclic) bond motifs is 2. The van der Waals surface area contributed by atoms with Crippen molar-refractivity contribution in [3.05, 3.63) is 109 Å². The SMILES string of the molecule is COC(=O)c1ccc(Oc2ccc(Br)cc2[C@H]2NC(=O)C[C@@H](C3C=CC=C(Cl)C3)[C@]23C(=O)Nc2cc(Cl)ccc23)c(Cl)c1. The first kappa shape index (κ1) is 29.8. The molecule has 0 aromatic heterocycles. The number of ether oxygens (including phenoxy) is 2. The Labute approximate surface area is 271 Å². The molecule has 7 nitrogen and oxygen atoms in total. The van der Waals surface area contributed by atoms with E-state index in [1.807, 2.05) is 30.4 Å². The Morgan fingerprint density at radius 3 is 2.53 bits per heavy atom. The summed E-state index contributed by atoms with van der Waals surface area (Å²) < 4.78 is 11.8. The number of amides is 2. The minimum atomic E-state index is -1.24. The molecule has 1 fully saturated rings. The molecular weight excluding hydrogens is 679 g/mol. The van der Waals surface area contributed by atoms with E-state index in [0.717, 1.165) is 5.56 Å². The summed E-state index contributed by atoms with van der Waals surface area (Å²) in [4.78, 5) is 39.9. The number of rotatable bonds is 5. The van der Waals surface area contributed by atoms with Gasteiger partial charge < -0.3 is 20.1 Å². The number of nitrogens with one attached hydrogen (secondary N) is 2. The van der Waals surface area contributed by atoms with E-state index in [2.05, 4.69) is 26.6 Å². The molecule has 3 aromatic rings. The molecule has 43 heavy (non-hydrogen) atoms. The number of benzene rings is 3. The van der Waals surface area contributed by atoms with Crippen molar-refractivity contribution in [2.24, 2.45) is 11.8 Å². The predicted molar refractivity (Wildman–Crippen MR) is 169 cm³/mol. The van der Waals surface area contributed by atoms with Crippen LogP contribution in [0.2, 0.25) is 10.0 Å². The van der Waals surface area contributed by atoms with E-state index < -0.39 is 23.3 Å². The van der Waals surface area contributed by atoms with Crippen LogP contribution in [-0.2, 0) is 19.7 Å². The number of esters is 1. The molecule has 1 aliphatic carbocycles. The fraction of sp³-hybridized carbons (Fsp3) is 0.219. The van der Waals surface area contributed by atoms with Crippen LogP contribution in [0.5, 0.6) is 11.5 Å². The smallest absolute Gasteiger partial charge is 0.337 e. The zero-order valence-electron chi connectivity index (χ0n) is 22.6. The van der Waals surface area contributed by atoms with E-state index in [1.54, 1.807) is 36.4 Å². The molecule has 2 amide bonds. The minimum Gasteiger partial charge on any atom is -0.465 e. The number of piperidine rings is 1. The van der Waals surface area contributed by atoms with Gasteiger partial charge in [0.2, 0.25) is 11.8 Å². The number of carbonyl (C=O) groups is 3. The van der Waals surface area contributed by atoms with Crippen molar-refractivity contribution in [3.63, 3.8) is 0 Å². The molecule has 11 heteroatoms. The highest BCUT2D eigenvalue weighted by molar-refractivity contribution is 9.10. The number of halogens is 4. The molecule has 220 valence electrons. The van der Waals surface area contributed by atoms with Crippen LogP contribution in [0.25, 0.3) is 0 Å². The van der Waals surface area contributed by atoms with E-state index >= 15 is 0 Å². The van der Waals surface area contributed by atoms with Gasteiger partial charge in [-0.1, -0.05) is 69.0 Å². The van der Waals surface area contributed by atoms with E-state index in [1.165, 1.54) is 13.2 Å². The average molecular weight is 703 g/mol. The van der Waals surface area contributed by atoms with Crippen LogP contribution < -0.4 is 15.4 Å². The first-order valence-corrected chi connectivity index (χ1v) is 15.3. The largest absolute Gasteiger partial charge is 0.465 e. The predicted octanol–water partition coefficient (Wildman–Crippen LogP) is 8.10. The molecule has 0 radical (unpaired) electrons. The topological polar surface area (TPSA) is 93.7 Å². The van der Waals surface area contributed by atoms with Gasteiger partial charge in [-0.2, -0.15) is 0 Å². The number of allylic oxidation sites excluding steroid dienone is 4. The molecular formula is C32H24BrCl3N2O5. The first-order valence-electron chi connectivity index (χ1n) is 13.4. The van der Waals surface area contributed by atoms with Gasteiger partial charge in [-0.3, -0.25) is 9.59 Å². The average Bonchev–Trinajstić information content (AvgIpc) is 3.26. The van der Waals surface area contributed by atoms with Gasteiger partial charge in [0.05, 0.1) is 23.7 Å². The van der Waals surface area contributed by atoms with Crippen LogP contribution >= 0.6 is 50.7 Å². The van der Waals surface area contributed by atoms with Gasteiger partial charge in [0.15, 0.2) is 0 Å². The summed E-state index contributed by atoms with van der Waals surface area (Å²) in [6, 6.07) is 14.4. The Kier molecular flexibility index (Phi) is 8.07. The number of methoxy groups -OCH3 is 1. The van der Waals surface area contributed by atoms with Crippen molar-refractivity contribution in [3.8, 4) is 11.5 Å². The zero-order chi connectivity index (χ0) is 30.5. The van der Waals surface area contributed by atoms with E-state index in [0.29, 0.717) is 37.9 Å². The molecule has 6 rings (SSSR count). The minimum absolute atomic E-state index is 0.107. The van der Waals surface area contributed by atoms with Crippen molar-refractivity contribution in [2.75, 3.05) is 12.4 Å². The number of hydrogen-bond donors (Lipinski definition) is 2. The lowest BCUT2D eigenvalue weighted by Crippen LogP contribution is -2.59. The maximum atomic E-state index is 14.4. The summed E-state index contributed by atoms with van der Waals surface area (Å²) in [5.74, 6) is -1.01. The van der Waals surface area contributed by atoms with Gasteiger partial charge in [-0.25, -0.2) is 4.79 Å². The quantitative estimate of drug-likeness (QED) is 0.262. The lowest BCUT2D eigenvalue weighted by molar-refractivity contribution is -0.135. The standard InChI is InChI=1S/C32H24BrCl3N2O5/c1-42-30(40)17-5-9-27(24(36)12-17)43-26-10-6-18(33)13-21(26)29-32(22-8-7-20(35)14-25(22)37-31(32)41)23(15-28(39)38-29)16-3-2-4-19(34)11-16/h2-10,12-14,16,23,29H,11,15H2,1H3,(H,37,41)(H,38,39)/t16?,23-,29+,32-/m0/s1. The van der Waals surface area contributed by atoms with Crippen LogP contribution in [0.4, 0.5) is 5.69 Å². The summed E-state index contributed by atoms with van der Waals surface area (Å²) in [6.45, 7) is 0. The van der Waals surface area contributed by atoms with Crippen LogP contribution in [0.15, 0.2) is 82.3 Å². The van der Waals surface area contributed by atoms with Crippen molar-refractivity contribution >= 4 is 74.2 Å². The molecule has 2 aliphatic heterocycles. The summed E-state index contributed by atoms with van der Waals surface area (Å²) >= 11 is 22.9. The summed E-state index contributed by atoms with van der Waals surface area (Å²) in [6.07, 6.45) is 6.30. The summed E-state index contributed by atoms with van der Waals surface area (Å²) in [5.41, 5.74) is 0.893. The molecule has 4 atom stereocenters. The van der Waals surface area contributed by atoms with Crippen LogP contribution in [0, 0.1) is 11.8 Å². The lowest BCUT2D eigenvalue weighted by Gasteiger charge is -2.49. The van der Waals surface area contributed by atoms with Crippen molar-refractivity contribution in [1.82, 2.24) is 5.32 Å². The number of carbonyl (C=O) groups excluding carboxylic acids is 3. The normalized spacial score (nSPS) is 24.2. The second-order valence-corrected chi connectivity index (χ2v) is 12.9. The molecule has 0 bridgehead atoms. The molecule has 3 aliphatic rings. The van der Waals surface area contributed by atoms with Gasteiger partial charge in [0.25, 0.3) is 0 Å². The maximum Gasteiger partial charge on any atom is 0.337 e. The van der Waals surface area contributed by atoms with Gasteiger partial charge >= 0.3 is 5.97 Å². The van der Waals surface area contributed by atoms with E-state index in [-0.39, 0.29) is 40.5 Å². The third kappa shape index (κ3) is 5.24. The second-order valence-electron chi connectivity index (χ2n) is 10.6. The Morgan fingerprint density at radius 1 is 1.00 bits per heavy atom. The van der Waals surface area contributed by atoms with Crippen molar-refractivity contribution in [2.45, 2.75) is 24.3 Å². The monoisotopic (exact) mass is 700 g/mol. The fourth-order valence-corrected chi connectivity index (χ4v) is 7.45. The molecule has 0 saturated carbocycles. The molecule has 3 aromatic carbocycles. The van der Waals surface area contributed by atoms with Crippen molar-refractivity contribution in [1.29, 1.82) is 0 Å². The second kappa shape index (κ2) is 11.7. The first-order chi connectivity index (χ1) is 20.6. The highest BCUT2D eigenvalue weighted by atomic mass is 79.9. The van der Waals surface area contributed by atoms with E-state index in [9.17, 15) is 14.4 Å². The van der Waals surface area contributed by atoms with Crippen molar-refractivity contribution < 1.29 is 23.9 Å². The molecule has 1 spiro atoms. The van der Waals surface area contributed by atoms with Crippen LogP contribution in [0.1, 0.15) is 40.4 Å². The van der Waals surface area contributed by atoms with Gasteiger partial charge in [-0.05, 0) is 78.4 Å². The highest BCUT2D eigenvalue weighted by Crippen LogP contribution is 2.58. The Hall–Kier alpha value is -3.30. The third-order valence-corrected chi connectivity index (χ3v) is 9.54. The van der Waals surface area contributed by atoms with Crippen LogP contribution in [-0.4, -0.2) is 24.9 Å². The zero-order valence-corrected chi connectivity index (χ0v) is 26.5. The highest BCUT2D eigenvalue weighted by Gasteiger charge is 2.62. The fourth-order valence-electron chi connectivity index (χ4n) is 6.43. The van der Waals surface area contributed by atoms with Gasteiger partial charge in [0.1, 0.15) is 16.9 Å². The summed E-state index contributed by atoms with van der Waals surface area (Å²) in [5, 5.41) is 7.49. The van der Waals surface area contributed by atoms with Gasteiger partial charge in [0, 0.05) is 32.2 Å². The maximum absolute atomic E-state index is 14.4. The third-order valence-electron chi connectivity index (χ3n) is 8.24. The Balaban J connectivity index is 1.53. The Morgan fingerprint density at radius 2 is 1.79 bits per heavy atom. The number of hydrogen-bond acceptors (Lipinski definition) is 5. The van der Waals surface area contributed by atoms with Crippen LogP contribution in [0.3, 0.4) is 0 Å². The molecule has 1 saturated heterocycles. The van der Waals surface area contributed by atoms with E-state index in [4.69, 9.17) is 44.3 Å². The number of anilines is 1. The molecule has 1 unspecified atom stereocenters. The summed E-state index contributed by atoms with van der Waals surface area (Å²) in [7, 11) is 1.29. The van der Waals surface area contributed by atoms with Gasteiger partial charge in [-0.15, -0.1) is 0 Å². The molecule has 2 N–H and O–H groups in total. The Bertz CT molecular complexity index is 1740. The lowest BCUT2D eigenvalue weighted by atomic mass is 9.57.